The molecule has 0 atom stereocenters. The van der Waals surface area contributed by atoms with E-state index >= 15 is 0 Å². The molecule has 0 aliphatic rings. The van der Waals surface area contributed by atoms with E-state index in [1.807, 2.05) is 45.5 Å². The summed E-state index contributed by atoms with van der Waals surface area (Å²) in [5.74, 6) is 1.13. The molecule has 1 N–H and O–H groups in total. The first-order chi connectivity index (χ1) is 18.1. The van der Waals surface area contributed by atoms with Crippen LogP contribution in [0.4, 0.5) is 11.4 Å². The van der Waals surface area contributed by atoms with Crippen molar-refractivity contribution in [2.24, 2.45) is 7.05 Å². The summed E-state index contributed by atoms with van der Waals surface area (Å²) in [7, 11) is 9.83. The number of likely N-dealkylation sites (N-methyl/N-ethyl adjacent to an activating group) is 2. The summed E-state index contributed by atoms with van der Waals surface area (Å²) in [5, 5.41) is 4.18. The van der Waals surface area contributed by atoms with Crippen molar-refractivity contribution >= 4 is 38.8 Å². The van der Waals surface area contributed by atoms with Gasteiger partial charge < -0.3 is 24.4 Å². The highest BCUT2D eigenvalue weighted by molar-refractivity contribution is 7.18. The van der Waals surface area contributed by atoms with E-state index in [4.69, 9.17) is 9.72 Å². The zero-order valence-electron chi connectivity index (χ0n) is 23.3. The number of fused-ring (bicyclic) bond motifs is 1. The van der Waals surface area contributed by atoms with Crippen LogP contribution in [0.25, 0.3) is 21.5 Å². The van der Waals surface area contributed by atoms with Gasteiger partial charge >= 0.3 is 0 Å². The molecule has 0 unspecified atom stereocenters. The summed E-state index contributed by atoms with van der Waals surface area (Å²) in [5.41, 5.74) is 5.65. The number of amides is 1. The molecule has 9 heteroatoms. The van der Waals surface area contributed by atoms with Crippen LogP contribution in [-0.4, -0.2) is 66.7 Å². The summed E-state index contributed by atoms with van der Waals surface area (Å²) in [4.78, 5) is 28.6. The van der Waals surface area contributed by atoms with Crippen molar-refractivity contribution in [3.8, 4) is 17.0 Å². The third-order valence-corrected chi connectivity index (χ3v) is 7.85. The van der Waals surface area contributed by atoms with Crippen molar-refractivity contribution in [2.75, 3.05) is 51.6 Å². The van der Waals surface area contributed by atoms with Gasteiger partial charge in [0.05, 0.1) is 24.2 Å². The lowest BCUT2D eigenvalue weighted by molar-refractivity contribution is -0.111. The summed E-state index contributed by atoms with van der Waals surface area (Å²) in [6, 6.07) is 8.11. The Morgan fingerprint density at radius 1 is 1.21 bits per heavy atom. The third kappa shape index (κ3) is 5.58. The molecular formula is C29H36N6O2S. The zero-order chi connectivity index (χ0) is 27.6. The van der Waals surface area contributed by atoms with Crippen LogP contribution < -0.4 is 15.0 Å². The lowest BCUT2D eigenvalue weighted by atomic mass is 10.1. The van der Waals surface area contributed by atoms with Gasteiger partial charge in [-0.3, -0.25) is 4.79 Å². The van der Waals surface area contributed by atoms with Crippen molar-refractivity contribution in [1.82, 2.24) is 19.4 Å². The number of hydrogen-bond acceptors (Lipinski definition) is 7. The monoisotopic (exact) mass is 532 g/mol. The molecule has 0 radical (unpaired) electrons. The Kier molecular flexibility index (Phi) is 8.18. The molecule has 38 heavy (non-hydrogen) atoms. The topological polar surface area (TPSA) is 75.5 Å². The number of benzene rings is 1. The van der Waals surface area contributed by atoms with E-state index in [-0.39, 0.29) is 5.91 Å². The number of hydrogen-bond donors (Lipinski definition) is 1. The first-order valence-corrected chi connectivity index (χ1v) is 13.3. The SMILES string of the molecule is C=CC(=O)Nc1cc(Cc2nccc(-c3c(C)n(C)c4sc(C)cc34)n2)c(OC)cc1N(C)CCN(C)C. The Balaban J connectivity index is 1.73. The van der Waals surface area contributed by atoms with Crippen molar-refractivity contribution in [3.05, 3.63) is 65.1 Å². The van der Waals surface area contributed by atoms with Crippen LogP contribution in [0.1, 0.15) is 22.0 Å². The molecule has 0 saturated heterocycles. The van der Waals surface area contributed by atoms with E-state index in [0.717, 1.165) is 35.6 Å². The van der Waals surface area contributed by atoms with Gasteiger partial charge in [-0.05, 0) is 52.2 Å². The van der Waals surface area contributed by atoms with Crippen LogP contribution in [-0.2, 0) is 18.3 Å². The average molecular weight is 533 g/mol. The van der Waals surface area contributed by atoms with Gasteiger partial charge in [0.1, 0.15) is 16.4 Å². The Bertz CT molecular complexity index is 1490. The lowest BCUT2D eigenvalue weighted by Gasteiger charge is -2.25. The minimum Gasteiger partial charge on any atom is -0.496 e. The number of aryl methyl sites for hydroxylation is 2. The smallest absolute Gasteiger partial charge is 0.247 e. The van der Waals surface area contributed by atoms with Crippen LogP contribution in [0, 0.1) is 13.8 Å². The standard InChI is InChI=1S/C29H36N6O2S/c1-9-27(36)32-23-15-20(25(37-8)17-24(23)34(6)13-12-33(4)5)16-26-30-11-10-22(31-26)28-19(3)35(7)29-21(28)14-18(2)38-29/h9-11,14-15,17H,1,12-13,16H2,2-8H3,(H,32,36). The quantitative estimate of drug-likeness (QED) is 0.289. The van der Waals surface area contributed by atoms with E-state index in [0.29, 0.717) is 23.7 Å². The second kappa shape index (κ2) is 11.4. The van der Waals surface area contributed by atoms with E-state index in [9.17, 15) is 4.79 Å². The van der Waals surface area contributed by atoms with Crippen molar-refractivity contribution in [1.29, 1.82) is 0 Å². The molecular weight excluding hydrogens is 496 g/mol. The minimum atomic E-state index is -0.267. The molecule has 0 saturated carbocycles. The first-order valence-electron chi connectivity index (χ1n) is 12.5. The van der Waals surface area contributed by atoms with Crippen LogP contribution in [0.15, 0.2) is 43.1 Å². The molecule has 0 bridgehead atoms. The molecule has 0 spiro atoms. The van der Waals surface area contributed by atoms with Crippen LogP contribution >= 0.6 is 11.3 Å². The van der Waals surface area contributed by atoms with E-state index < -0.39 is 0 Å². The molecule has 0 aliphatic heterocycles. The molecule has 8 nitrogen and oxygen atoms in total. The highest BCUT2D eigenvalue weighted by Gasteiger charge is 2.19. The molecule has 0 aliphatic carbocycles. The highest BCUT2D eigenvalue weighted by atomic mass is 32.1. The fourth-order valence-corrected chi connectivity index (χ4v) is 5.60. The predicted octanol–water partition coefficient (Wildman–Crippen LogP) is 5.04. The maximum Gasteiger partial charge on any atom is 0.247 e. The van der Waals surface area contributed by atoms with Crippen molar-refractivity contribution in [3.63, 3.8) is 0 Å². The van der Waals surface area contributed by atoms with Gasteiger partial charge in [-0.15, -0.1) is 11.3 Å². The molecule has 200 valence electrons. The van der Waals surface area contributed by atoms with E-state index in [2.05, 4.69) is 58.2 Å². The van der Waals surface area contributed by atoms with Gasteiger partial charge in [-0.25, -0.2) is 9.97 Å². The number of methoxy groups -OCH3 is 1. The Morgan fingerprint density at radius 2 is 1.97 bits per heavy atom. The largest absolute Gasteiger partial charge is 0.496 e. The predicted molar refractivity (Wildman–Crippen MR) is 158 cm³/mol. The van der Waals surface area contributed by atoms with Crippen molar-refractivity contribution < 1.29 is 9.53 Å². The lowest BCUT2D eigenvalue weighted by Crippen LogP contribution is -2.29. The Hall–Kier alpha value is -3.69. The van der Waals surface area contributed by atoms with Gasteiger partial charge in [-0.2, -0.15) is 0 Å². The number of aromatic nitrogens is 3. The number of nitrogens with one attached hydrogen (secondary N) is 1. The average Bonchev–Trinajstić information content (AvgIpc) is 3.37. The summed E-state index contributed by atoms with van der Waals surface area (Å²) >= 11 is 1.79. The second-order valence-corrected chi connectivity index (χ2v) is 11.0. The molecule has 3 heterocycles. The summed E-state index contributed by atoms with van der Waals surface area (Å²) < 4.78 is 8.02. The third-order valence-electron chi connectivity index (χ3n) is 6.72. The fraction of sp³-hybridized carbons (Fsp3) is 0.345. The summed E-state index contributed by atoms with van der Waals surface area (Å²) in [6.07, 6.45) is 3.54. The van der Waals surface area contributed by atoms with Crippen molar-refractivity contribution in [2.45, 2.75) is 20.3 Å². The molecule has 4 rings (SSSR count). The number of carbonyl (C=O) groups is 1. The Morgan fingerprint density at radius 3 is 2.66 bits per heavy atom. The molecule has 0 fully saturated rings. The highest BCUT2D eigenvalue weighted by Crippen LogP contribution is 2.38. The van der Waals surface area contributed by atoms with Gasteiger partial charge in [0.25, 0.3) is 0 Å². The first kappa shape index (κ1) is 27.3. The van der Waals surface area contributed by atoms with Crippen LogP contribution in [0.3, 0.4) is 0 Å². The number of thiophene rings is 1. The molecule has 3 aromatic heterocycles. The maximum absolute atomic E-state index is 12.3. The molecule has 4 aromatic rings. The van der Waals surface area contributed by atoms with Gasteiger partial charge in [0, 0.05) is 73.0 Å². The van der Waals surface area contributed by atoms with Gasteiger partial charge in [0.15, 0.2) is 0 Å². The van der Waals surface area contributed by atoms with E-state index in [1.165, 1.54) is 26.9 Å². The van der Waals surface area contributed by atoms with Gasteiger partial charge in [0.2, 0.25) is 5.91 Å². The number of anilines is 2. The van der Waals surface area contributed by atoms with E-state index in [1.54, 1.807) is 18.4 Å². The van der Waals surface area contributed by atoms with Gasteiger partial charge in [-0.1, -0.05) is 6.58 Å². The fourth-order valence-electron chi connectivity index (χ4n) is 4.57. The molecule has 1 amide bonds. The normalized spacial score (nSPS) is 11.3. The number of rotatable bonds is 10. The summed E-state index contributed by atoms with van der Waals surface area (Å²) in [6.45, 7) is 9.51. The second-order valence-electron chi connectivity index (χ2n) is 9.73. The minimum absolute atomic E-state index is 0.267. The number of nitrogens with zero attached hydrogens (tertiary/aromatic N) is 5. The van der Waals surface area contributed by atoms with Crippen LogP contribution in [0.2, 0.25) is 0 Å². The molecule has 1 aromatic carbocycles. The maximum atomic E-state index is 12.3. The Labute approximate surface area is 228 Å². The zero-order valence-corrected chi connectivity index (χ0v) is 24.1. The van der Waals surface area contributed by atoms with Crippen LogP contribution in [0.5, 0.6) is 5.75 Å². The number of carbonyl (C=O) groups excluding carboxylic acids is 1. The number of ether oxygens (including phenoxy) is 1.